The molecule has 0 aliphatic heterocycles. The Balaban J connectivity index is 1.75. The lowest BCUT2D eigenvalue weighted by atomic mass is 10.1. The van der Waals surface area contributed by atoms with Gasteiger partial charge in [0.2, 0.25) is 0 Å². The summed E-state index contributed by atoms with van der Waals surface area (Å²) in [5.74, 6) is -0.171. The molecule has 0 spiro atoms. The maximum atomic E-state index is 13.1. The number of para-hydroxylation sites is 2. The fourth-order valence-electron chi connectivity index (χ4n) is 2.99. The molecule has 1 amide bonds. The highest BCUT2D eigenvalue weighted by molar-refractivity contribution is 7.13. The summed E-state index contributed by atoms with van der Waals surface area (Å²) in [5, 5.41) is 9.75. The van der Waals surface area contributed by atoms with E-state index in [0.717, 1.165) is 33.9 Å². The Morgan fingerprint density at radius 2 is 1.81 bits per heavy atom. The first-order valence-electron chi connectivity index (χ1n) is 8.85. The summed E-state index contributed by atoms with van der Waals surface area (Å²) in [6.07, 6.45) is 0.856. The van der Waals surface area contributed by atoms with Crippen LogP contribution in [0.3, 0.4) is 0 Å². The number of anilines is 1. The number of hydrogen-bond donors (Lipinski definition) is 1. The molecule has 4 rings (SSSR count). The van der Waals surface area contributed by atoms with Crippen molar-refractivity contribution in [2.75, 3.05) is 5.32 Å². The smallest absolute Gasteiger partial charge is 0.274 e. The van der Waals surface area contributed by atoms with Crippen molar-refractivity contribution in [1.29, 1.82) is 0 Å². The first-order chi connectivity index (χ1) is 13.3. The van der Waals surface area contributed by atoms with Gasteiger partial charge in [0.05, 0.1) is 10.6 Å². The largest absolute Gasteiger partial charge is 0.320 e. The Bertz CT molecular complexity index is 1050. The van der Waals surface area contributed by atoms with Crippen molar-refractivity contribution in [2.45, 2.75) is 13.3 Å². The van der Waals surface area contributed by atoms with Gasteiger partial charge in [0.25, 0.3) is 5.91 Å². The van der Waals surface area contributed by atoms with Crippen LogP contribution in [0.5, 0.6) is 0 Å². The zero-order valence-corrected chi connectivity index (χ0v) is 15.7. The zero-order valence-electron chi connectivity index (χ0n) is 14.9. The van der Waals surface area contributed by atoms with Crippen molar-refractivity contribution < 1.29 is 4.79 Å². The first kappa shape index (κ1) is 17.2. The number of rotatable bonds is 5. The van der Waals surface area contributed by atoms with Crippen LogP contribution >= 0.6 is 11.3 Å². The highest BCUT2D eigenvalue weighted by atomic mass is 32.1. The van der Waals surface area contributed by atoms with Crippen LogP contribution in [0.25, 0.3) is 16.3 Å². The van der Waals surface area contributed by atoms with Gasteiger partial charge in [0.1, 0.15) is 11.4 Å². The number of nitrogens with one attached hydrogen (secondary N) is 1. The molecule has 0 fully saturated rings. The average Bonchev–Trinajstić information content (AvgIpc) is 3.39. The zero-order chi connectivity index (χ0) is 18.6. The second-order valence-electron chi connectivity index (χ2n) is 6.10. The van der Waals surface area contributed by atoms with E-state index in [-0.39, 0.29) is 5.91 Å². The van der Waals surface area contributed by atoms with Crippen LogP contribution in [0.4, 0.5) is 5.69 Å². The number of hydrogen-bond acceptors (Lipinski definition) is 3. The molecule has 0 unspecified atom stereocenters. The molecule has 2 aromatic heterocycles. The average molecular weight is 373 g/mol. The fraction of sp³-hybridized carbons (Fsp3) is 0.0909. The number of carbonyl (C=O) groups excluding carboxylic acids is 1. The summed E-state index contributed by atoms with van der Waals surface area (Å²) in [7, 11) is 0. The first-order valence-corrected chi connectivity index (χ1v) is 9.73. The Morgan fingerprint density at radius 1 is 1.04 bits per heavy atom. The molecule has 0 bridgehead atoms. The molecular formula is C22H19N3OS. The maximum absolute atomic E-state index is 13.1. The third-order valence-corrected chi connectivity index (χ3v) is 5.26. The van der Waals surface area contributed by atoms with Crippen LogP contribution < -0.4 is 5.32 Å². The molecular weight excluding hydrogens is 354 g/mol. The summed E-state index contributed by atoms with van der Waals surface area (Å²) in [5.41, 5.74) is 4.10. The Labute approximate surface area is 162 Å². The van der Waals surface area contributed by atoms with Gasteiger partial charge in [-0.3, -0.25) is 4.79 Å². The number of amides is 1. The second kappa shape index (κ2) is 7.60. The standard InChI is InChI=1S/C22H19N3OS/c1-2-16-9-6-7-12-18(16)23-22(26)20-15-19(21-13-8-14-27-21)24-25(20)17-10-4-3-5-11-17/h3-15H,2H2,1H3,(H,23,26). The van der Waals surface area contributed by atoms with E-state index in [1.54, 1.807) is 16.0 Å². The highest BCUT2D eigenvalue weighted by Gasteiger charge is 2.18. The lowest BCUT2D eigenvalue weighted by Gasteiger charge is -2.11. The normalized spacial score (nSPS) is 10.7. The molecule has 0 radical (unpaired) electrons. The second-order valence-corrected chi connectivity index (χ2v) is 7.05. The minimum atomic E-state index is -0.171. The van der Waals surface area contributed by atoms with Gasteiger partial charge < -0.3 is 5.32 Å². The topological polar surface area (TPSA) is 46.9 Å². The van der Waals surface area contributed by atoms with Crippen molar-refractivity contribution in [3.8, 4) is 16.3 Å². The van der Waals surface area contributed by atoms with Crippen molar-refractivity contribution in [2.24, 2.45) is 0 Å². The third kappa shape index (κ3) is 3.55. The van der Waals surface area contributed by atoms with Gasteiger partial charge >= 0.3 is 0 Å². The lowest BCUT2D eigenvalue weighted by Crippen LogP contribution is -2.17. The number of aryl methyl sites for hydroxylation is 1. The molecule has 4 aromatic rings. The summed E-state index contributed by atoms with van der Waals surface area (Å²) in [6, 6.07) is 23.4. The van der Waals surface area contributed by atoms with Crippen LogP contribution in [-0.2, 0) is 6.42 Å². The highest BCUT2D eigenvalue weighted by Crippen LogP contribution is 2.26. The maximum Gasteiger partial charge on any atom is 0.274 e. The van der Waals surface area contributed by atoms with Gasteiger partial charge in [0, 0.05) is 5.69 Å². The van der Waals surface area contributed by atoms with E-state index < -0.39 is 0 Å². The molecule has 0 aliphatic rings. The van der Waals surface area contributed by atoms with Crippen LogP contribution in [-0.4, -0.2) is 15.7 Å². The minimum absolute atomic E-state index is 0.171. The van der Waals surface area contributed by atoms with E-state index in [2.05, 4.69) is 12.2 Å². The van der Waals surface area contributed by atoms with E-state index >= 15 is 0 Å². The Kier molecular flexibility index (Phi) is 4.85. The summed E-state index contributed by atoms with van der Waals surface area (Å²) < 4.78 is 1.71. The van der Waals surface area contributed by atoms with Crippen molar-refractivity contribution >= 4 is 22.9 Å². The van der Waals surface area contributed by atoms with E-state index in [4.69, 9.17) is 5.10 Å². The van der Waals surface area contributed by atoms with Crippen molar-refractivity contribution in [3.05, 3.63) is 89.4 Å². The van der Waals surface area contributed by atoms with Gasteiger partial charge in [-0.05, 0) is 47.7 Å². The molecule has 0 atom stereocenters. The molecule has 27 heavy (non-hydrogen) atoms. The summed E-state index contributed by atoms with van der Waals surface area (Å²) in [6.45, 7) is 2.08. The Hall–Kier alpha value is -3.18. The predicted molar refractivity (Wildman–Crippen MR) is 111 cm³/mol. The van der Waals surface area contributed by atoms with Gasteiger partial charge in [-0.15, -0.1) is 11.3 Å². The lowest BCUT2D eigenvalue weighted by molar-refractivity contribution is 0.101. The molecule has 134 valence electrons. The van der Waals surface area contributed by atoms with Gasteiger partial charge in [0.15, 0.2) is 0 Å². The Morgan fingerprint density at radius 3 is 2.56 bits per heavy atom. The molecule has 0 saturated heterocycles. The minimum Gasteiger partial charge on any atom is -0.320 e. The third-order valence-electron chi connectivity index (χ3n) is 4.36. The molecule has 0 aliphatic carbocycles. The number of carbonyl (C=O) groups is 1. The molecule has 2 aromatic carbocycles. The number of aromatic nitrogens is 2. The molecule has 0 saturated carbocycles. The number of nitrogens with zero attached hydrogens (tertiary/aromatic N) is 2. The molecule has 5 heteroatoms. The fourth-order valence-corrected chi connectivity index (χ4v) is 3.67. The van der Waals surface area contributed by atoms with Crippen LogP contribution in [0.2, 0.25) is 0 Å². The van der Waals surface area contributed by atoms with Gasteiger partial charge in [-0.25, -0.2) is 4.68 Å². The summed E-state index contributed by atoms with van der Waals surface area (Å²) >= 11 is 1.61. The summed E-state index contributed by atoms with van der Waals surface area (Å²) in [4.78, 5) is 14.1. The quantitative estimate of drug-likeness (QED) is 0.508. The van der Waals surface area contributed by atoms with Crippen molar-refractivity contribution in [3.63, 3.8) is 0 Å². The van der Waals surface area contributed by atoms with Crippen LogP contribution in [0.15, 0.2) is 78.2 Å². The predicted octanol–water partition coefficient (Wildman–Crippen LogP) is 5.42. The van der Waals surface area contributed by atoms with E-state index in [1.807, 2.05) is 78.2 Å². The monoisotopic (exact) mass is 373 g/mol. The number of thiophene rings is 1. The van der Waals surface area contributed by atoms with Gasteiger partial charge in [-0.2, -0.15) is 5.10 Å². The van der Waals surface area contributed by atoms with Crippen LogP contribution in [0.1, 0.15) is 23.0 Å². The van der Waals surface area contributed by atoms with E-state index in [1.165, 1.54) is 0 Å². The molecule has 1 N–H and O–H groups in total. The SMILES string of the molecule is CCc1ccccc1NC(=O)c1cc(-c2cccs2)nn1-c1ccccc1. The van der Waals surface area contributed by atoms with Crippen LogP contribution in [0, 0.1) is 0 Å². The molecule has 4 nitrogen and oxygen atoms in total. The molecule has 2 heterocycles. The van der Waals surface area contributed by atoms with Crippen molar-refractivity contribution in [1.82, 2.24) is 9.78 Å². The van der Waals surface area contributed by atoms with E-state index in [9.17, 15) is 4.79 Å². The van der Waals surface area contributed by atoms with E-state index in [0.29, 0.717) is 5.69 Å². The number of benzene rings is 2. The van der Waals surface area contributed by atoms with Gasteiger partial charge in [-0.1, -0.05) is 49.4 Å².